The third-order valence-electron chi connectivity index (χ3n) is 2.47. The molecule has 0 N–H and O–H groups in total. The van der Waals surface area contributed by atoms with E-state index < -0.39 is 17.5 Å². The zero-order chi connectivity index (χ0) is 15.5. The van der Waals surface area contributed by atoms with E-state index >= 15 is 0 Å². The Morgan fingerprint density at radius 1 is 1.25 bits per heavy atom. The maximum atomic E-state index is 13.9. The van der Waals surface area contributed by atoms with Crippen molar-refractivity contribution >= 4 is 17.0 Å². The second-order valence-corrected chi connectivity index (χ2v) is 5.35. The molecule has 2 rings (SSSR count). The molecule has 0 spiro atoms. The topological polar surface area (TPSA) is 31.2 Å². The Labute approximate surface area is 119 Å². The third kappa shape index (κ3) is 3.59. The van der Waals surface area contributed by atoms with Crippen molar-refractivity contribution in [1.82, 2.24) is 4.57 Å². The largest absolute Gasteiger partial charge is 0.443 e. The first-order valence-corrected chi connectivity index (χ1v) is 6.78. The second-order valence-electron chi connectivity index (χ2n) is 5.35. The minimum atomic E-state index is -0.602. The van der Waals surface area contributed by atoms with E-state index in [1.807, 2.05) is 26.8 Å². The number of fused-ring (bicyclic) bond motifs is 1. The molecule has 3 nitrogen and oxygen atoms in total. The highest BCUT2D eigenvalue weighted by Gasteiger charge is 2.20. The highest BCUT2D eigenvalue weighted by atomic mass is 19.1. The van der Waals surface area contributed by atoms with E-state index in [9.17, 15) is 9.18 Å². The van der Waals surface area contributed by atoms with Gasteiger partial charge in [-0.3, -0.25) is 0 Å². The van der Waals surface area contributed by atoms with Gasteiger partial charge in [-0.2, -0.15) is 0 Å². The summed E-state index contributed by atoms with van der Waals surface area (Å²) in [5.74, 6) is -0.416. The van der Waals surface area contributed by atoms with E-state index in [0.717, 1.165) is 5.56 Å². The number of ether oxygens (including phenoxy) is 1. The molecule has 0 aliphatic rings. The van der Waals surface area contributed by atoms with Crippen molar-refractivity contribution in [2.75, 3.05) is 0 Å². The average Bonchev–Trinajstić information content (AvgIpc) is 2.73. The zero-order valence-corrected chi connectivity index (χ0v) is 13.0. The molecule has 4 heteroatoms. The summed E-state index contributed by atoms with van der Waals surface area (Å²) in [5, 5.41) is 0.693. The van der Waals surface area contributed by atoms with Gasteiger partial charge < -0.3 is 4.74 Å². The summed E-state index contributed by atoms with van der Waals surface area (Å²) < 4.78 is 20.3. The van der Waals surface area contributed by atoms with Crippen LogP contribution in [0.3, 0.4) is 0 Å². The lowest BCUT2D eigenvalue weighted by Gasteiger charge is -2.19. The number of aryl methyl sites for hydroxylation is 1. The van der Waals surface area contributed by atoms with Crippen molar-refractivity contribution < 1.29 is 13.9 Å². The molecule has 1 aromatic carbocycles. The van der Waals surface area contributed by atoms with Crippen molar-refractivity contribution in [2.24, 2.45) is 0 Å². The summed E-state index contributed by atoms with van der Waals surface area (Å²) >= 11 is 0. The van der Waals surface area contributed by atoms with Gasteiger partial charge in [0.05, 0.1) is 5.52 Å². The predicted molar refractivity (Wildman–Crippen MR) is 79.6 cm³/mol. The molecule has 0 atom stereocenters. The highest BCUT2D eigenvalue weighted by Crippen LogP contribution is 2.22. The van der Waals surface area contributed by atoms with E-state index in [1.165, 1.54) is 16.8 Å². The summed E-state index contributed by atoms with van der Waals surface area (Å²) in [7, 11) is 0. The minimum absolute atomic E-state index is 0.259. The number of halogens is 1. The SMILES string of the molecule is CC.Cc1cc(F)c2c(ccn2C(=O)OC(C)(C)C)c1. The van der Waals surface area contributed by atoms with Gasteiger partial charge in [0.2, 0.25) is 0 Å². The first-order valence-electron chi connectivity index (χ1n) is 6.78. The van der Waals surface area contributed by atoms with Crippen LogP contribution in [0.4, 0.5) is 9.18 Å². The average molecular weight is 279 g/mol. The molecule has 0 saturated carbocycles. The van der Waals surface area contributed by atoms with Gasteiger partial charge in [-0.15, -0.1) is 0 Å². The summed E-state index contributed by atoms with van der Waals surface area (Å²) in [6.07, 6.45) is 0.960. The summed E-state index contributed by atoms with van der Waals surface area (Å²) in [6, 6.07) is 4.94. The number of benzene rings is 1. The zero-order valence-electron chi connectivity index (χ0n) is 13.0. The molecule has 0 radical (unpaired) electrons. The molecule has 0 bridgehead atoms. The molecule has 2 aromatic rings. The minimum Gasteiger partial charge on any atom is -0.443 e. The Morgan fingerprint density at radius 2 is 1.85 bits per heavy atom. The standard InChI is InChI=1S/C14H16FNO2.C2H6/c1-9-7-10-5-6-16(12(10)11(15)8-9)13(17)18-14(2,3)4;1-2/h5-8H,1-4H3;1-2H3. The smallest absolute Gasteiger partial charge is 0.419 e. The lowest BCUT2D eigenvalue weighted by atomic mass is 10.2. The van der Waals surface area contributed by atoms with Gasteiger partial charge in [-0.05, 0) is 51.5 Å². The maximum Gasteiger partial charge on any atom is 0.419 e. The molecule has 0 amide bonds. The van der Waals surface area contributed by atoms with E-state index in [-0.39, 0.29) is 5.52 Å². The van der Waals surface area contributed by atoms with E-state index in [4.69, 9.17) is 4.74 Å². The van der Waals surface area contributed by atoms with Crippen LogP contribution in [0.25, 0.3) is 10.9 Å². The molecule has 110 valence electrons. The molecular formula is C16H22FNO2. The van der Waals surface area contributed by atoms with Crippen LogP contribution in [0.15, 0.2) is 24.4 Å². The fraction of sp³-hybridized carbons (Fsp3) is 0.438. The van der Waals surface area contributed by atoms with E-state index in [2.05, 4.69) is 0 Å². The van der Waals surface area contributed by atoms with Gasteiger partial charge in [-0.25, -0.2) is 13.8 Å². The van der Waals surface area contributed by atoms with Gasteiger partial charge in [-0.1, -0.05) is 13.8 Å². The molecule has 0 saturated heterocycles. The fourth-order valence-electron chi connectivity index (χ4n) is 1.84. The summed E-state index contributed by atoms with van der Waals surface area (Å²) in [4.78, 5) is 11.9. The van der Waals surface area contributed by atoms with Crippen molar-refractivity contribution in [3.05, 3.63) is 35.8 Å². The van der Waals surface area contributed by atoms with Gasteiger partial charge in [0, 0.05) is 11.6 Å². The number of nitrogens with zero attached hydrogens (tertiary/aromatic N) is 1. The van der Waals surface area contributed by atoms with E-state index in [0.29, 0.717) is 5.39 Å². The fourth-order valence-corrected chi connectivity index (χ4v) is 1.84. The number of aromatic nitrogens is 1. The lowest BCUT2D eigenvalue weighted by molar-refractivity contribution is 0.0543. The second kappa shape index (κ2) is 6.07. The molecule has 20 heavy (non-hydrogen) atoms. The Kier molecular flexibility index (Phi) is 4.93. The molecule has 0 fully saturated rings. The van der Waals surface area contributed by atoms with Gasteiger partial charge >= 0.3 is 6.09 Å². The van der Waals surface area contributed by atoms with Crippen LogP contribution in [-0.2, 0) is 4.74 Å². The van der Waals surface area contributed by atoms with Gasteiger partial charge in [0.25, 0.3) is 0 Å². The molecular weight excluding hydrogens is 257 g/mol. The number of hydrogen-bond donors (Lipinski definition) is 0. The van der Waals surface area contributed by atoms with Crippen LogP contribution in [0.2, 0.25) is 0 Å². The first-order chi connectivity index (χ1) is 9.28. The highest BCUT2D eigenvalue weighted by molar-refractivity contribution is 5.90. The summed E-state index contributed by atoms with van der Waals surface area (Å²) in [6.45, 7) is 11.1. The molecule has 1 heterocycles. The number of carbonyl (C=O) groups excluding carboxylic acids is 1. The van der Waals surface area contributed by atoms with Crippen LogP contribution in [0.1, 0.15) is 40.2 Å². The number of rotatable bonds is 0. The lowest BCUT2D eigenvalue weighted by Crippen LogP contribution is -2.26. The Balaban J connectivity index is 0.000000956. The third-order valence-corrected chi connectivity index (χ3v) is 2.47. The Hall–Kier alpha value is -1.84. The van der Waals surface area contributed by atoms with E-state index in [1.54, 1.807) is 26.8 Å². The molecule has 1 aromatic heterocycles. The van der Waals surface area contributed by atoms with Crippen molar-refractivity contribution in [1.29, 1.82) is 0 Å². The van der Waals surface area contributed by atoms with Gasteiger partial charge in [0.15, 0.2) is 0 Å². The van der Waals surface area contributed by atoms with Crippen LogP contribution < -0.4 is 0 Å². The van der Waals surface area contributed by atoms with Crippen molar-refractivity contribution in [3.63, 3.8) is 0 Å². The van der Waals surface area contributed by atoms with Crippen LogP contribution in [0.5, 0.6) is 0 Å². The van der Waals surface area contributed by atoms with Crippen LogP contribution in [0, 0.1) is 12.7 Å². The monoisotopic (exact) mass is 279 g/mol. The number of carbonyl (C=O) groups is 1. The van der Waals surface area contributed by atoms with Crippen LogP contribution in [-0.4, -0.2) is 16.3 Å². The maximum absolute atomic E-state index is 13.9. The van der Waals surface area contributed by atoms with Crippen molar-refractivity contribution in [2.45, 2.75) is 47.1 Å². The molecule has 0 aliphatic heterocycles. The normalized spacial score (nSPS) is 10.9. The van der Waals surface area contributed by atoms with Crippen molar-refractivity contribution in [3.8, 4) is 0 Å². The predicted octanol–water partition coefficient (Wildman–Crippen LogP) is 4.90. The van der Waals surface area contributed by atoms with Gasteiger partial charge in [0.1, 0.15) is 11.4 Å². The summed E-state index contributed by atoms with van der Waals surface area (Å²) in [5.41, 5.74) is 0.478. The molecule has 0 aliphatic carbocycles. The number of hydrogen-bond acceptors (Lipinski definition) is 2. The quantitative estimate of drug-likeness (QED) is 0.687. The van der Waals surface area contributed by atoms with Crippen LogP contribution >= 0.6 is 0 Å². The Bertz CT molecular complexity index is 609. The molecule has 0 unspecified atom stereocenters. The Morgan fingerprint density at radius 3 is 2.40 bits per heavy atom. The first kappa shape index (κ1) is 16.2.